The molecule has 0 spiro atoms. The number of amides is 1. The number of carboxylic acid groups (broad SMARTS) is 1. The Balaban J connectivity index is 2.43. The van der Waals surface area contributed by atoms with Crippen molar-refractivity contribution in [1.29, 1.82) is 0 Å². The summed E-state index contributed by atoms with van der Waals surface area (Å²) >= 11 is 0. The molecular formula is C10H10N2O4. The number of nitrogens with two attached hydrogens (primary N) is 1. The average molecular weight is 222 g/mol. The predicted molar refractivity (Wildman–Crippen MR) is 56.3 cm³/mol. The highest BCUT2D eigenvalue weighted by Crippen LogP contribution is 2.33. The van der Waals surface area contributed by atoms with E-state index >= 15 is 0 Å². The topological polar surface area (TPSA) is 92.9 Å². The SMILES string of the molecule is Nc1ccc2c(c1)N(C(=O)C(=O)O)CCO2. The molecule has 0 saturated carbocycles. The number of aliphatic carboxylic acids is 1. The zero-order valence-electron chi connectivity index (χ0n) is 8.34. The molecule has 0 radical (unpaired) electrons. The van der Waals surface area contributed by atoms with Crippen LogP contribution in [0.25, 0.3) is 0 Å². The van der Waals surface area contributed by atoms with Crippen LogP contribution in [-0.2, 0) is 9.59 Å². The first kappa shape index (κ1) is 10.3. The van der Waals surface area contributed by atoms with E-state index in [0.29, 0.717) is 17.1 Å². The molecule has 2 rings (SSSR count). The zero-order chi connectivity index (χ0) is 11.7. The van der Waals surface area contributed by atoms with Crippen LogP contribution in [0.15, 0.2) is 18.2 Å². The normalized spacial score (nSPS) is 13.9. The van der Waals surface area contributed by atoms with Crippen molar-refractivity contribution in [1.82, 2.24) is 0 Å². The van der Waals surface area contributed by atoms with Crippen molar-refractivity contribution in [2.45, 2.75) is 0 Å². The molecule has 0 fully saturated rings. The van der Waals surface area contributed by atoms with Gasteiger partial charge in [0.2, 0.25) is 0 Å². The fourth-order valence-corrected chi connectivity index (χ4v) is 1.56. The highest BCUT2D eigenvalue weighted by molar-refractivity contribution is 6.37. The fourth-order valence-electron chi connectivity index (χ4n) is 1.56. The second-order valence-electron chi connectivity index (χ2n) is 3.34. The average Bonchev–Trinajstić information content (AvgIpc) is 2.27. The number of ether oxygens (including phenoxy) is 1. The standard InChI is InChI=1S/C10H10N2O4/c11-6-1-2-8-7(5-6)12(3-4-16-8)9(13)10(14)15/h1-2,5H,3-4,11H2,(H,14,15). The molecule has 1 aliphatic rings. The third-order valence-corrected chi connectivity index (χ3v) is 2.27. The Labute approximate surface area is 91.2 Å². The summed E-state index contributed by atoms with van der Waals surface area (Å²) in [6.45, 7) is 0.484. The van der Waals surface area contributed by atoms with Crippen molar-refractivity contribution in [3.8, 4) is 5.75 Å². The number of rotatable bonds is 0. The number of benzene rings is 1. The summed E-state index contributed by atoms with van der Waals surface area (Å²) in [5.74, 6) is -2.00. The van der Waals surface area contributed by atoms with E-state index < -0.39 is 11.9 Å². The monoisotopic (exact) mass is 222 g/mol. The number of nitrogen functional groups attached to an aromatic ring is 1. The summed E-state index contributed by atoms with van der Waals surface area (Å²) in [6.07, 6.45) is 0. The molecule has 1 amide bonds. The van der Waals surface area contributed by atoms with Crippen LogP contribution < -0.4 is 15.4 Å². The summed E-state index contributed by atoms with van der Waals surface area (Å²) < 4.78 is 5.30. The molecule has 1 aromatic rings. The van der Waals surface area contributed by atoms with Gasteiger partial charge in [-0.2, -0.15) is 0 Å². The molecule has 0 aliphatic carbocycles. The Kier molecular flexibility index (Phi) is 2.40. The Bertz CT molecular complexity index is 458. The highest BCUT2D eigenvalue weighted by Gasteiger charge is 2.28. The van der Waals surface area contributed by atoms with Gasteiger partial charge in [-0.1, -0.05) is 0 Å². The van der Waals surface area contributed by atoms with Crippen LogP contribution in [0.4, 0.5) is 11.4 Å². The molecule has 84 valence electrons. The maximum Gasteiger partial charge on any atom is 0.394 e. The first-order valence-electron chi connectivity index (χ1n) is 4.66. The lowest BCUT2D eigenvalue weighted by atomic mass is 10.2. The van der Waals surface area contributed by atoms with Crippen molar-refractivity contribution in [3.05, 3.63) is 18.2 Å². The van der Waals surface area contributed by atoms with E-state index in [1.54, 1.807) is 12.1 Å². The Morgan fingerprint density at radius 2 is 2.19 bits per heavy atom. The second kappa shape index (κ2) is 3.73. The van der Waals surface area contributed by atoms with Gasteiger partial charge in [-0.3, -0.25) is 9.69 Å². The van der Waals surface area contributed by atoms with Gasteiger partial charge >= 0.3 is 11.9 Å². The van der Waals surface area contributed by atoms with Crippen LogP contribution >= 0.6 is 0 Å². The number of carbonyl (C=O) groups is 2. The van der Waals surface area contributed by atoms with Crippen molar-refractivity contribution in [3.63, 3.8) is 0 Å². The van der Waals surface area contributed by atoms with Gasteiger partial charge < -0.3 is 15.6 Å². The van der Waals surface area contributed by atoms with E-state index in [1.807, 2.05) is 0 Å². The number of fused-ring (bicyclic) bond motifs is 1. The van der Waals surface area contributed by atoms with Crippen molar-refractivity contribution in [2.75, 3.05) is 23.8 Å². The molecule has 3 N–H and O–H groups in total. The first-order chi connectivity index (χ1) is 7.59. The van der Waals surface area contributed by atoms with E-state index in [4.69, 9.17) is 15.6 Å². The van der Waals surface area contributed by atoms with Gasteiger partial charge in [0.1, 0.15) is 12.4 Å². The Morgan fingerprint density at radius 1 is 1.44 bits per heavy atom. The Hall–Kier alpha value is -2.24. The fraction of sp³-hybridized carbons (Fsp3) is 0.200. The minimum atomic E-state index is -1.49. The van der Waals surface area contributed by atoms with Gasteiger partial charge in [0.25, 0.3) is 0 Å². The van der Waals surface area contributed by atoms with Gasteiger partial charge in [0.05, 0.1) is 12.2 Å². The number of carbonyl (C=O) groups excluding carboxylic acids is 1. The lowest BCUT2D eigenvalue weighted by Crippen LogP contribution is -2.41. The van der Waals surface area contributed by atoms with E-state index in [2.05, 4.69) is 0 Å². The van der Waals surface area contributed by atoms with E-state index in [9.17, 15) is 9.59 Å². The molecule has 6 nitrogen and oxygen atoms in total. The molecule has 0 bridgehead atoms. The minimum Gasteiger partial charge on any atom is -0.490 e. The van der Waals surface area contributed by atoms with Gasteiger partial charge in [-0.15, -0.1) is 0 Å². The number of hydrogen-bond donors (Lipinski definition) is 2. The molecule has 1 heterocycles. The van der Waals surface area contributed by atoms with Crippen LogP contribution in [0.2, 0.25) is 0 Å². The van der Waals surface area contributed by atoms with E-state index in [-0.39, 0.29) is 13.2 Å². The zero-order valence-corrected chi connectivity index (χ0v) is 8.34. The number of anilines is 2. The quantitative estimate of drug-likeness (QED) is 0.479. The molecule has 16 heavy (non-hydrogen) atoms. The van der Waals surface area contributed by atoms with Crippen molar-refractivity contribution in [2.24, 2.45) is 0 Å². The third-order valence-electron chi connectivity index (χ3n) is 2.27. The van der Waals surface area contributed by atoms with Crippen LogP contribution in [0.3, 0.4) is 0 Å². The molecule has 1 aromatic carbocycles. The number of hydrogen-bond acceptors (Lipinski definition) is 4. The third kappa shape index (κ3) is 1.65. The van der Waals surface area contributed by atoms with Gasteiger partial charge in [-0.25, -0.2) is 4.79 Å². The maximum atomic E-state index is 11.4. The summed E-state index contributed by atoms with van der Waals surface area (Å²) in [4.78, 5) is 23.2. The van der Waals surface area contributed by atoms with Crippen molar-refractivity contribution < 1.29 is 19.4 Å². The number of carboxylic acids is 1. The lowest BCUT2D eigenvalue weighted by molar-refractivity contribution is -0.148. The minimum absolute atomic E-state index is 0.210. The van der Waals surface area contributed by atoms with Gasteiger partial charge in [0, 0.05) is 5.69 Å². The molecule has 6 heteroatoms. The first-order valence-corrected chi connectivity index (χ1v) is 4.66. The van der Waals surface area contributed by atoms with Crippen LogP contribution in [0.1, 0.15) is 0 Å². The highest BCUT2D eigenvalue weighted by atomic mass is 16.5. The van der Waals surface area contributed by atoms with E-state index in [0.717, 1.165) is 4.90 Å². The molecule has 0 saturated heterocycles. The van der Waals surface area contributed by atoms with Crippen molar-refractivity contribution >= 4 is 23.3 Å². The van der Waals surface area contributed by atoms with Gasteiger partial charge in [0.15, 0.2) is 0 Å². The predicted octanol–water partition coefficient (Wildman–Crippen LogP) is 0.0788. The van der Waals surface area contributed by atoms with E-state index in [1.165, 1.54) is 6.07 Å². The molecule has 1 aliphatic heterocycles. The summed E-state index contributed by atoms with van der Waals surface area (Å²) in [6, 6.07) is 4.77. The van der Waals surface area contributed by atoms with Crippen LogP contribution in [0, 0.1) is 0 Å². The summed E-state index contributed by atoms with van der Waals surface area (Å²) in [5.41, 5.74) is 6.43. The molecule has 0 aromatic heterocycles. The largest absolute Gasteiger partial charge is 0.490 e. The molecular weight excluding hydrogens is 212 g/mol. The summed E-state index contributed by atoms with van der Waals surface area (Å²) in [7, 11) is 0. The van der Waals surface area contributed by atoms with Crippen LogP contribution in [0.5, 0.6) is 5.75 Å². The molecule has 0 unspecified atom stereocenters. The lowest BCUT2D eigenvalue weighted by Gasteiger charge is -2.28. The molecule has 0 atom stereocenters. The second-order valence-corrected chi connectivity index (χ2v) is 3.34. The Morgan fingerprint density at radius 3 is 2.88 bits per heavy atom. The van der Waals surface area contributed by atoms with Crippen LogP contribution in [-0.4, -0.2) is 30.1 Å². The smallest absolute Gasteiger partial charge is 0.394 e. The maximum absolute atomic E-state index is 11.4. The van der Waals surface area contributed by atoms with Gasteiger partial charge in [-0.05, 0) is 18.2 Å². The number of nitrogens with zero attached hydrogens (tertiary/aromatic N) is 1. The summed E-state index contributed by atoms with van der Waals surface area (Å²) in [5, 5.41) is 8.67.